The van der Waals surface area contributed by atoms with Crippen LogP contribution in [0.4, 0.5) is 4.39 Å². The summed E-state index contributed by atoms with van der Waals surface area (Å²) in [5, 5.41) is 2.78. The van der Waals surface area contributed by atoms with Gasteiger partial charge in [-0.05, 0) is 42.8 Å². The number of amides is 1. The first-order valence-corrected chi connectivity index (χ1v) is 6.39. The van der Waals surface area contributed by atoms with Crippen molar-refractivity contribution < 1.29 is 13.9 Å². The fourth-order valence-electron chi connectivity index (χ4n) is 1.79. The smallest absolute Gasteiger partial charge is 0.251 e. The zero-order valence-corrected chi connectivity index (χ0v) is 11.2. The van der Waals surface area contributed by atoms with E-state index in [0.717, 1.165) is 5.56 Å². The number of carbonyl (C=O) groups excluding carboxylic acids is 1. The molecule has 4 heteroatoms. The second-order valence-electron chi connectivity index (χ2n) is 4.37. The monoisotopic (exact) mass is 273 g/mol. The summed E-state index contributed by atoms with van der Waals surface area (Å²) in [5.41, 5.74) is 1.60. The Bertz CT molecular complexity index is 581. The van der Waals surface area contributed by atoms with Crippen molar-refractivity contribution in [1.29, 1.82) is 0 Å². The Morgan fingerprint density at radius 2 is 1.85 bits per heavy atom. The van der Waals surface area contributed by atoms with E-state index in [-0.39, 0.29) is 11.7 Å². The van der Waals surface area contributed by atoms with E-state index in [0.29, 0.717) is 24.5 Å². The van der Waals surface area contributed by atoms with Crippen LogP contribution in [0, 0.1) is 12.7 Å². The molecule has 1 N–H and O–H groups in total. The molecule has 0 radical (unpaired) electrons. The van der Waals surface area contributed by atoms with Crippen molar-refractivity contribution in [2.75, 3.05) is 13.2 Å². The van der Waals surface area contributed by atoms with Crippen LogP contribution in [-0.4, -0.2) is 19.1 Å². The Morgan fingerprint density at radius 1 is 1.15 bits per heavy atom. The maximum atomic E-state index is 12.7. The minimum atomic E-state index is -0.301. The van der Waals surface area contributed by atoms with Crippen molar-refractivity contribution in [2.24, 2.45) is 0 Å². The highest BCUT2D eigenvalue weighted by molar-refractivity contribution is 5.95. The molecular formula is C16H16FNO2. The third kappa shape index (κ3) is 3.82. The van der Waals surface area contributed by atoms with Crippen LogP contribution in [0.3, 0.4) is 0 Å². The molecule has 0 fully saturated rings. The van der Waals surface area contributed by atoms with Gasteiger partial charge in [0.05, 0.1) is 6.54 Å². The molecule has 1 amide bonds. The number of nitrogens with one attached hydrogen (secondary N) is 1. The topological polar surface area (TPSA) is 38.3 Å². The Morgan fingerprint density at radius 3 is 2.55 bits per heavy atom. The van der Waals surface area contributed by atoms with Gasteiger partial charge in [-0.2, -0.15) is 0 Å². The molecule has 0 aliphatic heterocycles. The molecule has 0 saturated carbocycles. The zero-order valence-electron chi connectivity index (χ0n) is 11.2. The van der Waals surface area contributed by atoms with Gasteiger partial charge in [0, 0.05) is 5.56 Å². The van der Waals surface area contributed by atoms with Gasteiger partial charge in [0.15, 0.2) is 0 Å². The van der Waals surface area contributed by atoms with Crippen molar-refractivity contribution in [3.8, 4) is 5.75 Å². The van der Waals surface area contributed by atoms with E-state index in [1.54, 1.807) is 18.2 Å². The maximum absolute atomic E-state index is 12.7. The lowest BCUT2D eigenvalue weighted by molar-refractivity contribution is 0.0946. The van der Waals surface area contributed by atoms with Gasteiger partial charge in [-0.15, -0.1) is 0 Å². The van der Waals surface area contributed by atoms with E-state index in [1.165, 1.54) is 12.1 Å². The number of aryl methyl sites for hydroxylation is 1. The van der Waals surface area contributed by atoms with Crippen LogP contribution in [0.2, 0.25) is 0 Å². The molecule has 2 aromatic carbocycles. The third-order valence-corrected chi connectivity index (χ3v) is 2.86. The number of halogens is 1. The van der Waals surface area contributed by atoms with Crippen LogP contribution >= 0.6 is 0 Å². The SMILES string of the molecule is Cc1ccccc1C(=O)NCCOc1ccc(F)cc1. The van der Waals surface area contributed by atoms with Crippen molar-refractivity contribution in [2.45, 2.75) is 6.92 Å². The summed E-state index contributed by atoms with van der Waals surface area (Å²) >= 11 is 0. The minimum absolute atomic E-state index is 0.120. The van der Waals surface area contributed by atoms with Gasteiger partial charge >= 0.3 is 0 Å². The Labute approximate surface area is 117 Å². The average molecular weight is 273 g/mol. The van der Waals surface area contributed by atoms with Crippen molar-refractivity contribution >= 4 is 5.91 Å². The predicted octanol–water partition coefficient (Wildman–Crippen LogP) is 2.94. The van der Waals surface area contributed by atoms with Gasteiger partial charge in [0.2, 0.25) is 0 Å². The van der Waals surface area contributed by atoms with Gasteiger partial charge < -0.3 is 10.1 Å². The lowest BCUT2D eigenvalue weighted by Gasteiger charge is -2.09. The number of hydrogen-bond donors (Lipinski definition) is 1. The molecule has 3 nitrogen and oxygen atoms in total. The molecule has 0 spiro atoms. The van der Waals surface area contributed by atoms with Crippen LogP contribution in [0.25, 0.3) is 0 Å². The van der Waals surface area contributed by atoms with E-state index in [9.17, 15) is 9.18 Å². The number of ether oxygens (including phenoxy) is 1. The van der Waals surface area contributed by atoms with Crippen LogP contribution in [0.5, 0.6) is 5.75 Å². The summed E-state index contributed by atoms with van der Waals surface area (Å²) in [7, 11) is 0. The first-order valence-electron chi connectivity index (χ1n) is 6.39. The lowest BCUT2D eigenvalue weighted by atomic mass is 10.1. The van der Waals surface area contributed by atoms with Gasteiger partial charge in [0.1, 0.15) is 18.2 Å². The van der Waals surface area contributed by atoms with E-state index in [2.05, 4.69) is 5.32 Å². The molecule has 0 aliphatic rings. The fourth-order valence-corrected chi connectivity index (χ4v) is 1.79. The van der Waals surface area contributed by atoms with E-state index < -0.39 is 0 Å². The number of hydrogen-bond acceptors (Lipinski definition) is 2. The van der Waals surface area contributed by atoms with Crippen LogP contribution in [0.15, 0.2) is 48.5 Å². The first kappa shape index (κ1) is 14.1. The average Bonchev–Trinajstić information content (AvgIpc) is 2.46. The van der Waals surface area contributed by atoms with Gasteiger partial charge in [-0.25, -0.2) is 4.39 Å². The molecule has 0 atom stereocenters. The Balaban J connectivity index is 1.77. The molecule has 2 rings (SSSR count). The normalized spacial score (nSPS) is 10.1. The molecule has 20 heavy (non-hydrogen) atoms. The first-order chi connectivity index (χ1) is 9.66. The molecular weight excluding hydrogens is 257 g/mol. The second-order valence-corrected chi connectivity index (χ2v) is 4.37. The fraction of sp³-hybridized carbons (Fsp3) is 0.188. The molecule has 0 aromatic heterocycles. The third-order valence-electron chi connectivity index (χ3n) is 2.86. The second kappa shape index (κ2) is 6.70. The Kier molecular flexibility index (Phi) is 4.71. The molecule has 0 saturated heterocycles. The van der Waals surface area contributed by atoms with Crippen molar-refractivity contribution in [1.82, 2.24) is 5.32 Å². The summed E-state index contributed by atoms with van der Waals surface area (Å²) in [6.45, 7) is 2.62. The highest BCUT2D eigenvalue weighted by Gasteiger charge is 2.06. The highest BCUT2D eigenvalue weighted by atomic mass is 19.1. The molecule has 104 valence electrons. The van der Waals surface area contributed by atoms with Crippen molar-refractivity contribution in [3.63, 3.8) is 0 Å². The zero-order chi connectivity index (χ0) is 14.4. The number of benzene rings is 2. The number of carbonyl (C=O) groups is 1. The molecule has 0 bridgehead atoms. The summed E-state index contributed by atoms with van der Waals surface area (Å²) in [5.74, 6) is 0.160. The van der Waals surface area contributed by atoms with Crippen LogP contribution in [0.1, 0.15) is 15.9 Å². The summed E-state index contributed by atoms with van der Waals surface area (Å²) in [6.07, 6.45) is 0. The van der Waals surface area contributed by atoms with Gasteiger partial charge in [0.25, 0.3) is 5.91 Å². The quantitative estimate of drug-likeness (QED) is 0.851. The maximum Gasteiger partial charge on any atom is 0.251 e. The van der Waals surface area contributed by atoms with E-state index >= 15 is 0 Å². The lowest BCUT2D eigenvalue weighted by Crippen LogP contribution is -2.28. The highest BCUT2D eigenvalue weighted by Crippen LogP contribution is 2.10. The Hall–Kier alpha value is -2.36. The van der Waals surface area contributed by atoms with E-state index in [1.807, 2.05) is 25.1 Å². The molecule has 0 unspecified atom stereocenters. The van der Waals surface area contributed by atoms with Gasteiger partial charge in [-0.3, -0.25) is 4.79 Å². The largest absolute Gasteiger partial charge is 0.492 e. The summed E-state index contributed by atoms with van der Waals surface area (Å²) in [6, 6.07) is 13.2. The van der Waals surface area contributed by atoms with Crippen LogP contribution < -0.4 is 10.1 Å². The standard InChI is InChI=1S/C16H16FNO2/c1-12-4-2-3-5-15(12)16(19)18-10-11-20-14-8-6-13(17)7-9-14/h2-9H,10-11H2,1H3,(H,18,19). The van der Waals surface area contributed by atoms with Gasteiger partial charge in [-0.1, -0.05) is 18.2 Å². The summed E-state index contributed by atoms with van der Waals surface area (Å²) in [4.78, 5) is 11.9. The molecule has 0 aliphatic carbocycles. The van der Waals surface area contributed by atoms with E-state index in [4.69, 9.17) is 4.74 Å². The number of rotatable bonds is 5. The van der Waals surface area contributed by atoms with Crippen molar-refractivity contribution in [3.05, 3.63) is 65.5 Å². The minimum Gasteiger partial charge on any atom is -0.492 e. The molecule has 2 aromatic rings. The van der Waals surface area contributed by atoms with Crippen LogP contribution in [-0.2, 0) is 0 Å². The predicted molar refractivity (Wildman–Crippen MR) is 75.4 cm³/mol. The summed E-state index contributed by atoms with van der Waals surface area (Å²) < 4.78 is 18.1. The molecule has 0 heterocycles.